The number of benzene rings is 1. The van der Waals surface area contributed by atoms with E-state index >= 15 is 0 Å². The maximum atomic E-state index is 12.6. The summed E-state index contributed by atoms with van der Waals surface area (Å²) in [6.45, 7) is 4.00. The Bertz CT molecular complexity index is 359. The third kappa shape index (κ3) is 1.81. The zero-order valence-electron chi connectivity index (χ0n) is 8.23. The van der Waals surface area contributed by atoms with Gasteiger partial charge in [-0.05, 0) is 24.1 Å². The summed E-state index contributed by atoms with van der Waals surface area (Å²) in [5.74, 6) is -1.91. The van der Waals surface area contributed by atoms with Crippen LogP contribution >= 0.6 is 0 Å². The summed E-state index contributed by atoms with van der Waals surface area (Å²) >= 11 is 0. The quantitative estimate of drug-likeness (QED) is 0.626. The van der Waals surface area contributed by atoms with Crippen molar-refractivity contribution >= 4 is 5.78 Å². The zero-order chi connectivity index (χ0) is 10.7. The molecule has 0 amide bonds. The van der Waals surface area contributed by atoms with E-state index < -0.39 is 11.6 Å². The minimum absolute atomic E-state index is 0.0936. The number of ketones is 1. The molecule has 0 atom stereocenters. The monoisotopic (exact) mass is 198 g/mol. The maximum absolute atomic E-state index is 12.6. The van der Waals surface area contributed by atoms with Gasteiger partial charge in [-0.25, -0.2) is 8.78 Å². The van der Waals surface area contributed by atoms with E-state index in [9.17, 15) is 13.6 Å². The summed E-state index contributed by atoms with van der Waals surface area (Å²) in [6, 6.07) is 2.09. The van der Waals surface area contributed by atoms with Gasteiger partial charge in [0.1, 0.15) is 0 Å². The van der Waals surface area contributed by atoms with Crippen molar-refractivity contribution in [1.82, 2.24) is 0 Å². The lowest BCUT2D eigenvalue weighted by Gasteiger charge is -1.97. The van der Waals surface area contributed by atoms with Crippen LogP contribution in [-0.4, -0.2) is 5.78 Å². The van der Waals surface area contributed by atoms with Crippen LogP contribution in [0.25, 0.3) is 0 Å². The highest BCUT2D eigenvalue weighted by Gasteiger charge is 2.21. The minimum atomic E-state index is -0.941. The van der Waals surface area contributed by atoms with E-state index in [0.29, 0.717) is 24.0 Å². The van der Waals surface area contributed by atoms with Gasteiger partial charge in [0.25, 0.3) is 0 Å². The van der Waals surface area contributed by atoms with Crippen LogP contribution in [-0.2, 0) is 6.42 Å². The molecule has 1 nitrogen and oxygen atoms in total. The molecule has 0 heterocycles. The molecule has 0 spiro atoms. The van der Waals surface area contributed by atoms with Gasteiger partial charge in [0, 0.05) is 12.0 Å². The Labute approximate surface area is 81.7 Å². The van der Waals surface area contributed by atoms with Gasteiger partial charge in [-0.1, -0.05) is 13.8 Å². The summed E-state index contributed by atoms with van der Waals surface area (Å²) in [4.78, 5) is 11.0. The van der Waals surface area contributed by atoms with Crippen molar-refractivity contribution in [1.29, 1.82) is 0 Å². The Hall–Kier alpha value is -1.25. The predicted molar refractivity (Wildman–Crippen MR) is 50.4 cm³/mol. The van der Waals surface area contributed by atoms with E-state index in [1.54, 1.807) is 0 Å². The highest BCUT2D eigenvalue weighted by Crippen LogP contribution is 2.24. The summed E-state index contributed by atoms with van der Waals surface area (Å²) < 4.78 is 25.2. The van der Waals surface area contributed by atoms with E-state index in [2.05, 4.69) is 0 Å². The van der Waals surface area contributed by atoms with E-state index in [0.717, 1.165) is 12.1 Å². The molecule has 0 saturated carbocycles. The minimum Gasteiger partial charge on any atom is -0.294 e. The molecule has 0 aliphatic heterocycles. The first kappa shape index (κ1) is 10.8. The number of fused-ring (bicyclic) bond motifs is 1. The Morgan fingerprint density at radius 3 is 2.29 bits per heavy atom. The van der Waals surface area contributed by atoms with Crippen LogP contribution in [0, 0.1) is 11.6 Å². The lowest BCUT2D eigenvalue weighted by Crippen LogP contribution is -1.94. The average molecular weight is 198 g/mol. The Morgan fingerprint density at radius 2 is 1.64 bits per heavy atom. The third-order valence-electron chi connectivity index (χ3n) is 2.07. The summed E-state index contributed by atoms with van der Waals surface area (Å²) in [6.07, 6.45) is 0.906. The van der Waals surface area contributed by atoms with Gasteiger partial charge in [-0.15, -0.1) is 0 Å². The topological polar surface area (TPSA) is 17.1 Å². The van der Waals surface area contributed by atoms with Gasteiger partial charge in [0.2, 0.25) is 0 Å². The third-order valence-corrected chi connectivity index (χ3v) is 2.07. The molecular formula is C11H12F2O. The van der Waals surface area contributed by atoms with Gasteiger partial charge in [0.15, 0.2) is 17.4 Å². The fraction of sp³-hybridized carbons (Fsp3) is 0.364. The molecule has 1 aromatic rings. The van der Waals surface area contributed by atoms with Crippen LogP contribution in [0.2, 0.25) is 0 Å². The number of aryl methyl sites for hydroxylation is 1. The van der Waals surface area contributed by atoms with Crippen molar-refractivity contribution in [3.8, 4) is 0 Å². The first-order valence-electron chi connectivity index (χ1n) is 4.69. The van der Waals surface area contributed by atoms with E-state index in [1.165, 1.54) is 0 Å². The van der Waals surface area contributed by atoms with Crippen LogP contribution in [0.15, 0.2) is 12.1 Å². The van der Waals surface area contributed by atoms with Crippen molar-refractivity contribution in [2.75, 3.05) is 0 Å². The standard InChI is InChI=1S/C9H6F2O.C2H6/c10-7-3-5-1-2-9(12)6(5)4-8(7)11;1-2/h3-4H,1-2H2;1-2H3. The number of carbonyl (C=O) groups excluding carboxylic acids is 1. The molecule has 76 valence electrons. The molecule has 1 aromatic carbocycles. The van der Waals surface area contributed by atoms with E-state index in [4.69, 9.17) is 0 Å². The number of hydrogen-bond acceptors (Lipinski definition) is 1. The number of carbonyl (C=O) groups is 1. The molecule has 0 saturated heterocycles. The van der Waals surface area contributed by atoms with Gasteiger partial charge < -0.3 is 0 Å². The molecule has 0 unspecified atom stereocenters. The van der Waals surface area contributed by atoms with Crippen LogP contribution in [0.3, 0.4) is 0 Å². The van der Waals surface area contributed by atoms with Crippen molar-refractivity contribution in [2.24, 2.45) is 0 Å². The number of halogens is 2. The van der Waals surface area contributed by atoms with Gasteiger partial charge in [-0.2, -0.15) is 0 Å². The molecule has 0 aromatic heterocycles. The fourth-order valence-electron chi connectivity index (χ4n) is 1.44. The normalized spacial score (nSPS) is 13.3. The Morgan fingerprint density at radius 1 is 1.07 bits per heavy atom. The fourth-order valence-corrected chi connectivity index (χ4v) is 1.44. The molecule has 0 fully saturated rings. The maximum Gasteiger partial charge on any atom is 0.163 e. The molecule has 0 bridgehead atoms. The first-order valence-corrected chi connectivity index (χ1v) is 4.69. The van der Waals surface area contributed by atoms with E-state index in [-0.39, 0.29) is 5.78 Å². The molecular weight excluding hydrogens is 186 g/mol. The molecule has 3 heteroatoms. The zero-order valence-corrected chi connectivity index (χ0v) is 8.23. The van der Waals surface area contributed by atoms with Gasteiger partial charge >= 0.3 is 0 Å². The van der Waals surface area contributed by atoms with Crippen molar-refractivity contribution in [2.45, 2.75) is 26.7 Å². The number of rotatable bonds is 0. The molecule has 0 radical (unpaired) electrons. The van der Waals surface area contributed by atoms with E-state index in [1.807, 2.05) is 13.8 Å². The molecule has 1 aliphatic rings. The second kappa shape index (κ2) is 4.31. The largest absolute Gasteiger partial charge is 0.294 e. The summed E-state index contributed by atoms with van der Waals surface area (Å²) in [7, 11) is 0. The summed E-state index contributed by atoms with van der Waals surface area (Å²) in [5, 5.41) is 0. The lowest BCUT2D eigenvalue weighted by atomic mass is 10.1. The Balaban J connectivity index is 0.000000461. The molecule has 14 heavy (non-hydrogen) atoms. The second-order valence-corrected chi connectivity index (χ2v) is 2.85. The average Bonchev–Trinajstić information content (AvgIpc) is 2.53. The van der Waals surface area contributed by atoms with Crippen LogP contribution in [0.1, 0.15) is 36.2 Å². The summed E-state index contributed by atoms with van der Waals surface area (Å²) in [5.41, 5.74) is 0.966. The highest BCUT2D eigenvalue weighted by molar-refractivity contribution is 6.00. The van der Waals surface area contributed by atoms with Crippen molar-refractivity contribution in [3.05, 3.63) is 34.9 Å². The van der Waals surface area contributed by atoms with Crippen LogP contribution in [0.4, 0.5) is 8.78 Å². The second-order valence-electron chi connectivity index (χ2n) is 2.85. The molecule has 0 N–H and O–H groups in total. The van der Waals surface area contributed by atoms with Crippen LogP contribution < -0.4 is 0 Å². The molecule has 1 aliphatic carbocycles. The smallest absolute Gasteiger partial charge is 0.163 e. The number of Topliss-reactive ketones (excluding diaryl/α,β-unsaturated/α-hetero) is 1. The van der Waals surface area contributed by atoms with Crippen LogP contribution in [0.5, 0.6) is 0 Å². The lowest BCUT2D eigenvalue weighted by molar-refractivity contribution is 0.0994. The molecule has 2 rings (SSSR count). The highest BCUT2D eigenvalue weighted by atomic mass is 19.2. The number of hydrogen-bond donors (Lipinski definition) is 0. The van der Waals surface area contributed by atoms with Crippen molar-refractivity contribution < 1.29 is 13.6 Å². The van der Waals surface area contributed by atoms with Gasteiger partial charge in [-0.3, -0.25) is 4.79 Å². The first-order chi connectivity index (χ1) is 6.68. The Kier molecular flexibility index (Phi) is 3.33. The SMILES string of the molecule is CC.O=C1CCc2cc(F)c(F)cc21. The predicted octanol–water partition coefficient (Wildman–Crippen LogP) is 3.12. The van der Waals surface area contributed by atoms with Crippen molar-refractivity contribution in [3.63, 3.8) is 0 Å². The van der Waals surface area contributed by atoms with Gasteiger partial charge in [0.05, 0.1) is 0 Å².